The molecule has 0 saturated heterocycles. The molecular weight excluding hydrogens is 1410 g/mol. The molecule has 0 aliphatic rings. The number of rotatable bonds is 77. The van der Waals surface area contributed by atoms with Crippen molar-refractivity contribution in [1.29, 1.82) is 0 Å². The van der Waals surface area contributed by atoms with Crippen LogP contribution in [0, 0.1) is 0 Å². The van der Waals surface area contributed by atoms with Crippen molar-refractivity contribution in [3.63, 3.8) is 0 Å². The molecule has 0 aliphatic heterocycles. The highest BCUT2D eigenvalue weighted by molar-refractivity contribution is 7.47. The molecule has 0 aliphatic carbocycles. The van der Waals surface area contributed by atoms with Gasteiger partial charge in [0.25, 0.3) is 0 Å². The van der Waals surface area contributed by atoms with Gasteiger partial charge in [0, 0.05) is 19.3 Å². The highest BCUT2D eigenvalue weighted by Crippen LogP contribution is 2.45. The Morgan fingerprint density at radius 2 is 0.486 bits per heavy atom. The number of phosphoric ester groups is 2. The van der Waals surface area contributed by atoms with E-state index in [-0.39, 0.29) is 19.3 Å². The van der Waals surface area contributed by atoms with E-state index >= 15 is 0 Å². The molecule has 0 aromatic rings. The van der Waals surface area contributed by atoms with Gasteiger partial charge in [-0.3, -0.25) is 32.5 Å². The molecule has 16 nitrogen and oxygen atoms in total. The lowest BCUT2D eigenvalue weighted by molar-refractivity contribution is -0.161. The number of allylic oxidation sites excluding steroid dienone is 32. The van der Waals surface area contributed by atoms with E-state index in [0.717, 1.165) is 193 Å². The number of hydrogen-bond acceptors (Lipinski definition) is 14. The lowest BCUT2D eigenvalue weighted by Gasteiger charge is -2.21. The van der Waals surface area contributed by atoms with Crippen molar-refractivity contribution < 1.29 is 75.8 Å². The standard InChI is InChI=1S/C91H148O16P2/c1-4-7-10-13-16-19-22-25-28-31-34-37-40-42-45-47-50-53-56-59-62-65-68-71-74-77-89(94)101-80-86(92)81-103-108(97,98)104-82-87(93)83-105-109(99,100)106-85-88(107-91(96)79-76-73-70-67-64-61-58-55-52-49-44-39-36-33-30-27-24-21-18-15-12-9-6-3)84-102-90(95)78-75-72-69-66-63-60-57-54-51-48-46-43-41-38-35-32-29-26-23-20-17-14-11-8-5-2/h7,9-10,12,16-21,25-30,34-39,42-43,45-46,49-50,52-53,58,61,86-88,92-93H,4-6,8,11,13-15,22-24,31-33,40-41,44,47-48,51,54-57,59-60,62-85H2,1-3H3,(H,97,98)(H,99,100)/b10-7-,12-9-,19-16-,20-17-,21-18-,28-25-,29-26-,30-27-,37-34-,38-35-,39-36-,45-42-,46-43-,52-49-,53-50-,61-58-. The van der Waals surface area contributed by atoms with Crippen molar-refractivity contribution in [1.82, 2.24) is 0 Å². The summed E-state index contributed by atoms with van der Waals surface area (Å²) < 4.78 is 61.3. The quantitative estimate of drug-likeness (QED) is 0.0146. The Hall–Kier alpha value is -5.61. The molecule has 0 heterocycles. The molecular formula is C91H148O16P2. The van der Waals surface area contributed by atoms with Crippen LogP contribution in [0.2, 0.25) is 0 Å². The van der Waals surface area contributed by atoms with Crippen LogP contribution in [0.5, 0.6) is 0 Å². The fraction of sp³-hybridized carbons (Fsp3) is 0.615. The summed E-state index contributed by atoms with van der Waals surface area (Å²) in [6.07, 6.45) is 107. The van der Waals surface area contributed by atoms with Crippen LogP contribution < -0.4 is 0 Å². The summed E-state index contributed by atoms with van der Waals surface area (Å²) in [4.78, 5) is 58.9. The second kappa shape index (κ2) is 81.9. The zero-order valence-corrected chi connectivity index (χ0v) is 69.4. The lowest BCUT2D eigenvalue weighted by Crippen LogP contribution is -2.30. The van der Waals surface area contributed by atoms with Gasteiger partial charge in [0.15, 0.2) is 6.10 Å². The first-order valence-corrected chi connectivity index (χ1v) is 44.7. The van der Waals surface area contributed by atoms with Gasteiger partial charge in [-0.1, -0.05) is 312 Å². The molecule has 109 heavy (non-hydrogen) atoms. The third-order valence-electron chi connectivity index (χ3n) is 16.8. The molecule has 0 amide bonds. The highest BCUT2D eigenvalue weighted by Gasteiger charge is 2.29. The molecule has 618 valence electrons. The van der Waals surface area contributed by atoms with Gasteiger partial charge in [-0.25, -0.2) is 9.13 Å². The van der Waals surface area contributed by atoms with Crippen LogP contribution in [-0.2, 0) is 55.8 Å². The molecule has 0 radical (unpaired) electrons. The Morgan fingerprint density at radius 3 is 0.771 bits per heavy atom. The maximum Gasteiger partial charge on any atom is 0.472 e. The number of aliphatic hydroxyl groups excluding tert-OH is 2. The van der Waals surface area contributed by atoms with E-state index in [2.05, 4.69) is 215 Å². The molecule has 0 rings (SSSR count). The number of hydrogen-bond donors (Lipinski definition) is 4. The third kappa shape index (κ3) is 83.2. The van der Waals surface area contributed by atoms with Gasteiger partial charge in [-0.05, 0) is 167 Å². The molecule has 5 unspecified atom stereocenters. The number of aliphatic hydroxyl groups is 2. The van der Waals surface area contributed by atoms with Crippen molar-refractivity contribution in [2.45, 2.75) is 322 Å². The largest absolute Gasteiger partial charge is 0.472 e. The SMILES string of the molecule is CC/C=C\C/C=C\C/C=C\C/C=C\C/C=C\C/C=C\CCCCCCCCC(=O)OCC(O)COP(=O)(O)OCC(O)COP(=O)(O)OCC(COC(=O)CCCCCCCCCCC/C=C\C/C=C\C/C=C\C/C=C\CCCCC)OC(=O)CCCCCC/C=C\C/C=C\C/C=C\C/C=C\C/C=C\C/C=C\CC. The van der Waals surface area contributed by atoms with Crippen LogP contribution in [0.4, 0.5) is 0 Å². The van der Waals surface area contributed by atoms with E-state index in [0.29, 0.717) is 19.3 Å². The third-order valence-corrected chi connectivity index (χ3v) is 18.7. The van der Waals surface area contributed by atoms with Crippen molar-refractivity contribution in [3.8, 4) is 0 Å². The number of esters is 3. The average molecular weight is 1560 g/mol. The van der Waals surface area contributed by atoms with Crippen molar-refractivity contribution in [2.24, 2.45) is 0 Å². The molecule has 4 N–H and O–H groups in total. The van der Waals surface area contributed by atoms with E-state index < -0.39 is 91.5 Å². The van der Waals surface area contributed by atoms with Crippen LogP contribution in [0.3, 0.4) is 0 Å². The normalized spacial score (nSPS) is 14.9. The van der Waals surface area contributed by atoms with Gasteiger partial charge >= 0.3 is 33.6 Å². The number of phosphoric acid groups is 2. The van der Waals surface area contributed by atoms with Crippen LogP contribution in [-0.4, -0.2) is 95.9 Å². The summed E-state index contributed by atoms with van der Waals surface area (Å²) in [6.45, 7) is 2.36. The summed E-state index contributed by atoms with van der Waals surface area (Å²) in [5, 5.41) is 20.7. The van der Waals surface area contributed by atoms with E-state index in [4.69, 9.17) is 32.3 Å². The molecule has 0 fully saturated rings. The Labute approximate surface area is 661 Å². The minimum Gasteiger partial charge on any atom is -0.463 e. The first-order valence-electron chi connectivity index (χ1n) is 41.7. The second-order valence-corrected chi connectivity index (χ2v) is 30.1. The molecule has 0 spiro atoms. The molecule has 18 heteroatoms. The highest BCUT2D eigenvalue weighted by atomic mass is 31.2. The monoisotopic (exact) mass is 1560 g/mol. The zero-order chi connectivity index (χ0) is 79.4. The van der Waals surface area contributed by atoms with Crippen LogP contribution >= 0.6 is 15.6 Å². The summed E-state index contributed by atoms with van der Waals surface area (Å²) >= 11 is 0. The predicted octanol–water partition coefficient (Wildman–Crippen LogP) is 25.1. The topological polar surface area (TPSA) is 231 Å². The number of unbranched alkanes of at least 4 members (excludes halogenated alkanes) is 22. The van der Waals surface area contributed by atoms with Gasteiger partial charge in [-0.15, -0.1) is 0 Å². The van der Waals surface area contributed by atoms with E-state index in [1.807, 2.05) is 0 Å². The van der Waals surface area contributed by atoms with Gasteiger partial charge in [0.05, 0.1) is 26.4 Å². The first-order chi connectivity index (χ1) is 53.2. The van der Waals surface area contributed by atoms with E-state index in [1.54, 1.807) is 0 Å². The fourth-order valence-corrected chi connectivity index (χ4v) is 12.1. The van der Waals surface area contributed by atoms with Gasteiger partial charge in [-0.2, -0.15) is 0 Å². The molecule has 0 saturated carbocycles. The number of carbonyl (C=O) groups is 3. The van der Waals surface area contributed by atoms with E-state index in [1.165, 1.54) is 51.4 Å². The smallest absolute Gasteiger partial charge is 0.463 e. The minimum absolute atomic E-state index is 0.0651. The fourth-order valence-electron chi connectivity index (χ4n) is 10.5. The Balaban J connectivity index is 4.77. The van der Waals surface area contributed by atoms with Gasteiger partial charge in [0.1, 0.15) is 25.4 Å². The molecule has 0 aromatic heterocycles. The summed E-state index contributed by atoms with van der Waals surface area (Å²) in [7, 11) is -9.83. The maximum absolute atomic E-state index is 13.0. The Kier molecular flexibility index (Phi) is 77.7. The first kappa shape index (κ1) is 103. The second-order valence-electron chi connectivity index (χ2n) is 27.2. The Bertz CT molecular complexity index is 2760. The predicted molar refractivity (Wildman–Crippen MR) is 454 cm³/mol. The average Bonchev–Trinajstić information content (AvgIpc) is 0.903. The lowest BCUT2D eigenvalue weighted by atomic mass is 10.1. The summed E-state index contributed by atoms with van der Waals surface area (Å²) in [6, 6.07) is 0. The summed E-state index contributed by atoms with van der Waals surface area (Å²) in [5.41, 5.74) is 0. The van der Waals surface area contributed by atoms with Gasteiger partial charge < -0.3 is 34.2 Å². The summed E-state index contributed by atoms with van der Waals surface area (Å²) in [5.74, 6) is -1.63. The van der Waals surface area contributed by atoms with Crippen LogP contribution in [0.25, 0.3) is 0 Å². The van der Waals surface area contributed by atoms with Gasteiger partial charge in [0.2, 0.25) is 0 Å². The van der Waals surface area contributed by atoms with Crippen molar-refractivity contribution >= 4 is 33.6 Å². The van der Waals surface area contributed by atoms with Crippen molar-refractivity contribution in [2.75, 3.05) is 39.6 Å². The van der Waals surface area contributed by atoms with Crippen LogP contribution in [0.1, 0.15) is 303 Å². The maximum atomic E-state index is 13.0. The molecule has 0 bridgehead atoms. The molecule has 0 aromatic carbocycles. The Morgan fingerprint density at radius 1 is 0.266 bits per heavy atom. The van der Waals surface area contributed by atoms with Crippen molar-refractivity contribution in [3.05, 3.63) is 194 Å². The zero-order valence-electron chi connectivity index (χ0n) is 67.6. The molecule has 5 atom stereocenters. The number of carbonyl (C=O) groups excluding carboxylic acids is 3. The minimum atomic E-state index is -4.96. The van der Waals surface area contributed by atoms with E-state index in [9.17, 15) is 43.5 Å². The van der Waals surface area contributed by atoms with Crippen LogP contribution in [0.15, 0.2) is 194 Å². The number of ether oxygens (including phenoxy) is 3.